The van der Waals surface area contributed by atoms with Crippen molar-refractivity contribution in [1.82, 2.24) is 9.78 Å². The molecule has 0 saturated carbocycles. The van der Waals surface area contributed by atoms with E-state index in [1.807, 2.05) is 12.1 Å². The number of nitrogens with two attached hydrogens (primary N) is 1. The molecule has 0 spiro atoms. The quantitative estimate of drug-likeness (QED) is 0.902. The van der Waals surface area contributed by atoms with Crippen LogP contribution in [0.25, 0.3) is 11.1 Å². The van der Waals surface area contributed by atoms with Gasteiger partial charge in [-0.2, -0.15) is 5.10 Å². The van der Waals surface area contributed by atoms with Gasteiger partial charge in [0.1, 0.15) is 17.3 Å². The topological polar surface area (TPSA) is 71.5 Å². The average Bonchev–Trinajstić information content (AvgIpc) is 2.79. The zero-order valence-corrected chi connectivity index (χ0v) is 12.1. The highest BCUT2D eigenvalue weighted by Gasteiger charge is 2.19. The molecule has 1 aromatic carbocycles. The van der Waals surface area contributed by atoms with Crippen molar-refractivity contribution in [2.75, 3.05) is 27.1 Å². The van der Waals surface area contributed by atoms with Crippen molar-refractivity contribution in [2.45, 2.75) is 6.61 Å². The number of rotatable bonds is 5. The molecule has 0 unspecified atom stereocenters. The van der Waals surface area contributed by atoms with Crippen molar-refractivity contribution in [3.05, 3.63) is 23.9 Å². The van der Waals surface area contributed by atoms with Gasteiger partial charge in [0, 0.05) is 25.3 Å². The Kier molecular flexibility index (Phi) is 4.14. The number of methoxy groups -OCH3 is 3. The van der Waals surface area contributed by atoms with E-state index < -0.39 is 0 Å². The molecular weight excluding hydrogens is 258 g/mol. The SMILES string of the molecule is COCc1c(OC)ccc(-c2cnn(C)c2N)c1OC. The van der Waals surface area contributed by atoms with Crippen molar-refractivity contribution >= 4 is 5.82 Å². The number of aryl methyl sites for hydroxylation is 1. The summed E-state index contributed by atoms with van der Waals surface area (Å²) >= 11 is 0. The van der Waals surface area contributed by atoms with E-state index in [-0.39, 0.29) is 0 Å². The van der Waals surface area contributed by atoms with Crippen LogP contribution in [0.4, 0.5) is 5.82 Å². The normalized spacial score (nSPS) is 10.6. The first-order valence-electron chi connectivity index (χ1n) is 6.14. The molecular formula is C14H19N3O3. The molecule has 2 aromatic rings. The van der Waals surface area contributed by atoms with E-state index in [4.69, 9.17) is 19.9 Å². The lowest BCUT2D eigenvalue weighted by Crippen LogP contribution is -2.02. The van der Waals surface area contributed by atoms with Gasteiger partial charge in [0.15, 0.2) is 0 Å². The summed E-state index contributed by atoms with van der Waals surface area (Å²) in [7, 11) is 6.66. The zero-order chi connectivity index (χ0) is 14.7. The molecule has 0 radical (unpaired) electrons. The third-order valence-electron chi connectivity index (χ3n) is 3.21. The minimum Gasteiger partial charge on any atom is -0.496 e. The molecule has 1 aromatic heterocycles. The Bertz CT molecular complexity index is 608. The van der Waals surface area contributed by atoms with E-state index in [2.05, 4.69) is 5.10 Å². The molecule has 1 heterocycles. The van der Waals surface area contributed by atoms with Gasteiger partial charge in [-0.3, -0.25) is 4.68 Å². The fourth-order valence-electron chi connectivity index (χ4n) is 2.18. The van der Waals surface area contributed by atoms with Crippen LogP contribution in [0.15, 0.2) is 18.3 Å². The second kappa shape index (κ2) is 5.83. The largest absolute Gasteiger partial charge is 0.496 e. The van der Waals surface area contributed by atoms with Gasteiger partial charge in [0.05, 0.1) is 32.6 Å². The zero-order valence-electron chi connectivity index (χ0n) is 12.1. The van der Waals surface area contributed by atoms with Gasteiger partial charge in [0.25, 0.3) is 0 Å². The van der Waals surface area contributed by atoms with Gasteiger partial charge in [-0.05, 0) is 12.1 Å². The average molecular weight is 277 g/mol. The minimum atomic E-state index is 0.389. The first kappa shape index (κ1) is 14.2. The molecule has 0 bridgehead atoms. The van der Waals surface area contributed by atoms with E-state index >= 15 is 0 Å². The molecule has 108 valence electrons. The van der Waals surface area contributed by atoms with Crippen LogP contribution >= 0.6 is 0 Å². The number of nitrogens with zero attached hydrogens (tertiary/aromatic N) is 2. The van der Waals surface area contributed by atoms with E-state index in [9.17, 15) is 0 Å². The monoisotopic (exact) mass is 277 g/mol. The van der Waals surface area contributed by atoms with Gasteiger partial charge < -0.3 is 19.9 Å². The van der Waals surface area contributed by atoms with Crippen LogP contribution < -0.4 is 15.2 Å². The number of nitrogen functional groups attached to an aromatic ring is 1. The van der Waals surface area contributed by atoms with Crippen LogP contribution in [-0.4, -0.2) is 31.1 Å². The second-order valence-electron chi connectivity index (χ2n) is 4.33. The van der Waals surface area contributed by atoms with Gasteiger partial charge in [-0.1, -0.05) is 0 Å². The van der Waals surface area contributed by atoms with E-state index in [0.717, 1.165) is 22.4 Å². The Morgan fingerprint density at radius 1 is 1.15 bits per heavy atom. The molecule has 20 heavy (non-hydrogen) atoms. The summed E-state index contributed by atoms with van der Waals surface area (Å²) in [5.41, 5.74) is 8.57. The van der Waals surface area contributed by atoms with Crippen molar-refractivity contribution < 1.29 is 14.2 Å². The Labute approximate surface area is 118 Å². The Hall–Kier alpha value is -2.21. The highest BCUT2D eigenvalue weighted by molar-refractivity contribution is 5.80. The summed E-state index contributed by atoms with van der Waals surface area (Å²) < 4.78 is 17.7. The van der Waals surface area contributed by atoms with Gasteiger partial charge >= 0.3 is 0 Å². The summed E-state index contributed by atoms with van der Waals surface area (Å²) in [6.45, 7) is 0.389. The predicted molar refractivity (Wildman–Crippen MR) is 76.9 cm³/mol. The number of hydrogen-bond donors (Lipinski definition) is 1. The van der Waals surface area contributed by atoms with Crippen LogP contribution in [0.5, 0.6) is 11.5 Å². The minimum absolute atomic E-state index is 0.389. The molecule has 0 fully saturated rings. The van der Waals surface area contributed by atoms with Crippen LogP contribution in [0.3, 0.4) is 0 Å². The summed E-state index contributed by atoms with van der Waals surface area (Å²) in [4.78, 5) is 0. The Morgan fingerprint density at radius 3 is 2.40 bits per heavy atom. The number of anilines is 1. The third-order valence-corrected chi connectivity index (χ3v) is 3.21. The summed E-state index contributed by atoms with van der Waals surface area (Å²) in [6.07, 6.45) is 1.72. The van der Waals surface area contributed by atoms with Crippen molar-refractivity contribution in [3.8, 4) is 22.6 Å². The molecule has 0 atom stereocenters. The van der Waals surface area contributed by atoms with Crippen molar-refractivity contribution in [1.29, 1.82) is 0 Å². The maximum Gasteiger partial charge on any atom is 0.136 e. The molecule has 6 nitrogen and oxygen atoms in total. The van der Waals surface area contributed by atoms with Crippen molar-refractivity contribution in [2.24, 2.45) is 7.05 Å². The van der Waals surface area contributed by atoms with Crippen LogP contribution in [0.1, 0.15) is 5.56 Å². The molecule has 0 saturated heterocycles. The molecule has 0 aliphatic heterocycles. The number of aromatic nitrogens is 2. The fourth-order valence-corrected chi connectivity index (χ4v) is 2.18. The van der Waals surface area contributed by atoms with E-state index in [0.29, 0.717) is 18.2 Å². The molecule has 0 amide bonds. The maximum absolute atomic E-state index is 6.04. The van der Waals surface area contributed by atoms with Gasteiger partial charge in [-0.15, -0.1) is 0 Å². The first-order valence-corrected chi connectivity index (χ1v) is 6.14. The van der Waals surface area contributed by atoms with Crippen molar-refractivity contribution in [3.63, 3.8) is 0 Å². The summed E-state index contributed by atoms with van der Waals surface area (Å²) in [6, 6.07) is 3.78. The third kappa shape index (κ3) is 2.30. The standard InChI is InChI=1S/C14H19N3O3/c1-17-14(15)10(7-16-17)9-5-6-12(19-3)11(8-18-2)13(9)20-4/h5-7H,8,15H2,1-4H3. The lowest BCUT2D eigenvalue weighted by Gasteiger charge is -2.16. The van der Waals surface area contributed by atoms with Crippen LogP contribution in [0.2, 0.25) is 0 Å². The Morgan fingerprint density at radius 2 is 1.90 bits per heavy atom. The number of hydrogen-bond acceptors (Lipinski definition) is 5. The second-order valence-corrected chi connectivity index (χ2v) is 4.33. The van der Waals surface area contributed by atoms with Crippen LogP contribution in [-0.2, 0) is 18.4 Å². The molecule has 0 aliphatic carbocycles. The highest BCUT2D eigenvalue weighted by Crippen LogP contribution is 2.40. The number of ether oxygens (including phenoxy) is 3. The highest BCUT2D eigenvalue weighted by atomic mass is 16.5. The van der Waals surface area contributed by atoms with Gasteiger partial charge in [0.2, 0.25) is 0 Å². The fraction of sp³-hybridized carbons (Fsp3) is 0.357. The maximum atomic E-state index is 6.04. The lowest BCUT2D eigenvalue weighted by molar-refractivity contribution is 0.178. The Balaban J connectivity index is 2.65. The molecule has 6 heteroatoms. The molecule has 2 rings (SSSR count). The predicted octanol–water partition coefficient (Wildman–Crippen LogP) is 1.83. The lowest BCUT2D eigenvalue weighted by atomic mass is 10.0. The number of benzene rings is 1. The summed E-state index contributed by atoms with van der Waals surface area (Å²) in [5, 5.41) is 4.16. The van der Waals surface area contributed by atoms with Crippen LogP contribution in [0, 0.1) is 0 Å². The first-order chi connectivity index (χ1) is 9.63. The molecule has 2 N–H and O–H groups in total. The smallest absolute Gasteiger partial charge is 0.136 e. The molecule has 0 aliphatic rings. The summed E-state index contributed by atoms with van der Waals surface area (Å²) in [5.74, 6) is 1.98. The van der Waals surface area contributed by atoms with E-state index in [1.54, 1.807) is 39.3 Å². The van der Waals surface area contributed by atoms with E-state index in [1.165, 1.54) is 0 Å². The van der Waals surface area contributed by atoms with Gasteiger partial charge in [-0.25, -0.2) is 0 Å².